The largest absolute Gasteiger partial charge is 0.0874 e. The average molecular weight is 166 g/mol. The Morgan fingerprint density at radius 1 is 0.917 bits per heavy atom. The minimum Gasteiger partial charge on any atom is -0.0874 e. The molecule has 0 aliphatic carbocycles. The SMILES string of the molecule is C/C=C/C(C)=C\C=C(C)C.CC. The van der Waals surface area contributed by atoms with Gasteiger partial charge in [0.25, 0.3) is 0 Å². The lowest BCUT2D eigenvalue weighted by Gasteiger charge is -1.87. The highest BCUT2D eigenvalue weighted by molar-refractivity contribution is 5.22. The predicted molar refractivity (Wildman–Crippen MR) is 59.4 cm³/mol. The summed E-state index contributed by atoms with van der Waals surface area (Å²) in [6.07, 6.45) is 8.38. The van der Waals surface area contributed by atoms with Crippen molar-refractivity contribution in [2.75, 3.05) is 0 Å². The van der Waals surface area contributed by atoms with Gasteiger partial charge in [0.1, 0.15) is 0 Å². The average Bonchev–Trinajstić information content (AvgIpc) is 2.05. The maximum Gasteiger partial charge on any atom is -0.0398 e. The summed E-state index contributed by atoms with van der Waals surface area (Å²) in [4.78, 5) is 0. The quantitative estimate of drug-likeness (QED) is 0.530. The third-order valence-corrected chi connectivity index (χ3v) is 1.11. The zero-order chi connectivity index (χ0) is 9.98. The van der Waals surface area contributed by atoms with E-state index in [9.17, 15) is 0 Å². The highest BCUT2D eigenvalue weighted by Gasteiger charge is 1.76. The first-order valence-electron chi connectivity index (χ1n) is 4.61. The van der Waals surface area contributed by atoms with Crippen LogP contribution in [0.15, 0.2) is 35.5 Å². The summed E-state index contributed by atoms with van der Waals surface area (Å²) in [5, 5.41) is 0. The van der Waals surface area contributed by atoms with Crippen LogP contribution in [0.25, 0.3) is 0 Å². The normalized spacial score (nSPS) is 10.7. The maximum absolute atomic E-state index is 2.12. The van der Waals surface area contributed by atoms with Gasteiger partial charge in [0.05, 0.1) is 0 Å². The summed E-state index contributed by atoms with van der Waals surface area (Å²) >= 11 is 0. The number of hydrogen-bond acceptors (Lipinski definition) is 0. The van der Waals surface area contributed by atoms with E-state index >= 15 is 0 Å². The Bertz CT molecular complexity index is 164. The first-order chi connectivity index (χ1) is 5.66. The van der Waals surface area contributed by atoms with Gasteiger partial charge >= 0.3 is 0 Å². The van der Waals surface area contributed by atoms with Crippen LogP contribution in [0.5, 0.6) is 0 Å². The van der Waals surface area contributed by atoms with Gasteiger partial charge in [-0.05, 0) is 27.7 Å². The van der Waals surface area contributed by atoms with Crippen molar-refractivity contribution in [3.8, 4) is 0 Å². The van der Waals surface area contributed by atoms with Crippen molar-refractivity contribution in [2.45, 2.75) is 41.5 Å². The van der Waals surface area contributed by atoms with Gasteiger partial charge < -0.3 is 0 Å². The first-order valence-corrected chi connectivity index (χ1v) is 4.61. The summed E-state index contributed by atoms with van der Waals surface area (Å²) in [6, 6.07) is 0. The second kappa shape index (κ2) is 10.2. The van der Waals surface area contributed by atoms with Crippen LogP contribution in [0.1, 0.15) is 41.5 Å². The molecule has 70 valence electrons. The van der Waals surface area contributed by atoms with Gasteiger partial charge in [-0.1, -0.05) is 49.3 Å². The molecule has 0 radical (unpaired) electrons. The molecule has 0 amide bonds. The third-order valence-electron chi connectivity index (χ3n) is 1.11. The molecule has 0 heteroatoms. The third kappa shape index (κ3) is 12.0. The zero-order valence-electron chi connectivity index (χ0n) is 9.31. The minimum absolute atomic E-state index is 1.30. The fraction of sp³-hybridized carbons (Fsp3) is 0.500. The molecule has 0 aromatic heterocycles. The Morgan fingerprint density at radius 3 is 1.75 bits per heavy atom. The maximum atomic E-state index is 2.12. The lowest BCUT2D eigenvalue weighted by atomic mass is 10.2. The fourth-order valence-electron chi connectivity index (χ4n) is 0.617. The summed E-state index contributed by atoms with van der Waals surface area (Å²) < 4.78 is 0. The van der Waals surface area contributed by atoms with Gasteiger partial charge in [-0.2, -0.15) is 0 Å². The van der Waals surface area contributed by atoms with Gasteiger partial charge in [-0.15, -0.1) is 0 Å². The van der Waals surface area contributed by atoms with E-state index < -0.39 is 0 Å². The van der Waals surface area contributed by atoms with Crippen LogP contribution in [0.4, 0.5) is 0 Å². The molecule has 0 saturated carbocycles. The smallest absolute Gasteiger partial charge is 0.0398 e. The first kappa shape index (κ1) is 13.8. The molecular weight excluding hydrogens is 144 g/mol. The molecule has 0 aliphatic rings. The molecule has 0 saturated heterocycles. The van der Waals surface area contributed by atoms with Gasteiger partial charge in [0, 0.05) is 0 Å². The van der Waals surface area contributed by atoms with Crippen molar-refractivity contribution in [1.82, 2.24) is 0 Å². The van der Waals surface area contributed by atoms with Crippen LogP contribution in [-0.2, 0) is 0 Å². The van der Waals surface area contributed by atoms with Gasteiger partial charge in [-0.3, -0.25) is 0 Å². The van der Waals surface area contributed by atoms with Crippen LogP contribution < -0.4 is 0 Å². The molecular formula is C12H22. The van der Waals surface area contributed by atoms with Crippen LogP contribution in [0.2, 0.25) is 0 Å². The van der Waals surface area contributed by atoms with Crippen LogP contribution in [0.3, 0.4) is 0 Å². The second-order valence-electron chi connectivity index (χ2n) is 2.65. The predicted octanol–water partition coefficient (Wildman–Crippen LogP) is 4.50. The Kier molecular flexibility index (Phi) is 11.7. The molecule has 0 fully saturated rings. The molecule has 0 nitrogen and oxygen atoms in total. The van der Waals surface area contributed by atoms with E-state index in [0.29, 0.717) is 0 Å². The van der Waals surface area contributed by atoms with E-state index in [1.54, 1.807) is 0 Å². The molecule has 0 N–H and O–H groups in total. The molecule has 0 aromatic carbocycles. The molecule has 0 bridgehead atoms. The number of hydrogen-bond donors (Lipinski definition) is 0. The Hall–Kier alpha value is -0.780. The lowest BCUT2D eigenvalue weighted by molar-refractivity contribution is 1.38. The topological polar surface area (TPSA) is 0 Å². The Morgan fingerprint density at radius 2 is 1.42 bits per heavy atom. The van der Waals surface area contributed by atoms with Gasteiger partial charge in [-0.25, -0.2) is 0 Å². The van der Waals surface area contributed by atoms with Crippen molar-refractivity contribution in [2.24, 2.45) is 0 Å². The molecule has 0 rings (SSSR count). The van der Waals surface area contributed by atoms with E-state index in [2.05, 4.69) is 39.0 Å². The molecule has 12 heavy (non-hydrogen) atoms. The highest BCUT2D eigenvalue weighted by atomic mass is 13.8. The minimum atomic E-state index is 1.30. The second-order valence-corrected chi connectivity index (χ2v) is 2.65. The molecule has 0 heterocycles. The van der Waals surface area contributed by atoms with E-state index in [1.165, 1.54) is 11.1 Å². The Balaban J connectivity index is 0. The van der Waals surface area contributed by atoms with E-state index in [1.807, 2.05) is 26.8 Å². The molecule has 0 spiro atoms. The van der Waals surface area contributed by atoms with Crippen molar-refractivity contribution < 1.29 is 0 Å². The zero-order valence-corrected chi connectivity index (χ0v) is 9.31. The van der Waals surface area contributed by atoms with E-state index in [0.717, 1.165) is 0 Å². The van der Waals surface area contributed by atoms with Crippen molar-refractivity contribution in [3.05, 3.63) is 35.5 Å². The highest BCUT2D eigenvalue weighted by Crippen LogP contribution is 1.97. The van der Waals surface area contributed by atoms with Crippen LogP contribution in [0, 0.1) is 0 Å². The number of allylic oxidation sites excluding steroid dienone is 6. The molecule has 0 aromatic rings. The van der Waals surface area contributed by atoms with Gasteiger partial charge in [0.15, 0.2) is 0 Å². The van der Waals surface area contributed by atoms with Crippen molar-refractivity contribution >= 4 is 0 Å². The molecule has 0 aliphatic heterocycles. The summed E-state index contributed by atoms with van der Waals surface area (Å²) in [5.74, 6) is 0. The monoisotopic (exact) mass is 166 g/mol. The number of rotatable bonds is 2. The Labute approximate surface area is 77.7 Å². The molecule has 0 atom stereocenters. The lowest BCUT2D eigenvalue weighted by Crippen LogP contribution is -1.66. The van der Waals surface area contributed by atoms with Crippen molar-refractivity contribution in [3.63, 3.8) is 0 Å². The van der Waals surface area contributed by atoms with Crippen molar-refractivity contribution in [1.29, 1.82) is 0 Å². The summed E-state index contributed by atoms with van der Waals surface area (Å²) in [7, 11) is 0. The fourth-order valence-corrected chi connectivity index (χ4v) is 0.617. The summed E-state index contributed by atoms with van der Waals surface area (Å²) in [6.45, 7) is 12.3. The van der Waals surface area contributed by atoms with Crippen LogP contribution >= 0.6 is 0 Å². The van der Waals surface area contributed by atoms with Crippen LogP contribution in [-0.4, -0.2) is 0 Å². The van der Waals surface area contributed by atoms with Gasteiger partial charge in [0.2, 0.25) is 0 Å². The van der Waals surface area contributed by atoms with E-state index in [4.69, 9.17) is 0 Å². The summed E-state index contributed by atoms with van der Waals surface area (Å²) in [5.41, 5.74) is 2.63. The standard InChI is InChI=1S/C10H16.C2H6/c1-5-6-10(4)8-7-9(2)3;1-2/h5-8H,1-4H3;1-2H3/b6-5+,10-8-;. The van der Waals surface area contributed by atoms with E-state index in [-0.39, 0.29) is 0 Å². The molecule has 0 unspecified atom stereocenters.